The van der Waals surface area contributed by atoms with E-state index in [1.165, 1.54) is 19.3 Å². The fraction of sp³-hybridized carbons (Fsp3) is 0.556. The quantitative estimate of drug-likeness (QED) is 0.399. The van der Waals surface area contributed by atoms with Gasteiger partial charge in [-0.2, -0.15) is 0 Å². The molecule has 0 atom stereocenters. The van der Waals surface area contributed by atoms with Crippen LogP contribution in [0.1, 0.15) is 32.6 Å². The van der Waals surface area contributed by atoms with Crippen LogP contribution in [0.4, 0.5) is 0 Å². The molecule has 0 N–H and O–H groups in total. The molecular formula is C9H14. The molecule has 0 aliphatic rings. The standard InChI is InChI=1S/C9H14/c1-3-5-7-9-8-6-4-2/h3H,1,4,6,8-9H2,2H3. The van der Waals surface area contributed by atoms with E-state index in [2.05, 4.69) is 25.3 Å². The van der Waals surface area contributed by atoms with Crippen molar-refractivity contribution in [3.63, 3.8) is 0 Å². The highest BCUT2D eigenvalue weighted by Crippen LogP contribution is 1.96. The highest BCUT2D eigenvalue weighted by molar-refractivity contribution is 5.11. The second-order valence-electron chi connectivity index (χ2n) is 1.98. The first kappa shape index (κ1) is 8.30. The lowest BCUT2D eigenvalue weighted by Gasteiger charge is -1.86. The van der Waals surface area contributed by atoms with E-state index in [0.29, 0.717) is 0 Å². The normalized spacial score (nSPS) is 7.67. The molecule has 0 amide bonds. The summed E-state index contributed by atoms with van der Waals surface area (Å²) in [4.78, 5) is 0. The van der Waals surface area contributed by atoms with E-state index >= 15 is 0 Å². The van der Waals surface area contributed by atoms with Gasteiger partial charge in [0.05, 0.1) is 0 Å². The highest BCUT2D eigenvalue weighted by atomic mass is 13.8. The molecule has 0 fully saturated rings. The predicted octanol–water partition coefficient (Wildman–Crippen LogP) is 2.76. The molecular weight excluding hydrogens is 108 g/mol. The molecule has 0 nitrogen and oxygen atoms in total. The summed E-state index contributed by atoms with van der Waals surface area (Å²) in [5.41, 5.74) is 0. The van der Waals surface area contributed by atoms with Crippen LogP contribution < -0.4 is 0 Å². The van der Waals surface area contributed by atoms with Crippen LogP contribution >= 0.6 is 0 Å². The van der Waals surface area contributed by atoms with Crippen LogP contribution in [0.2, 0.25) is 0 Å². The third kappa shape index (κ3) is 7.30. The summed E-state index contributed by atoms with van der Waals surface area (Å²) in [5.74, 6) is 5.82. The van der Waals surface area contributed by atoms with Crippen LogP contribution in [0.5, 0.6) is 0 Å². The molecule has 0 heterocycles. The molecule has 50 valence electrons. The van der Waals surface area contributed by atoms with Crippen molar-refractivity contribution in [1.29, 1.82) is 0 Å². The topological polar surface area (TPSA) is 0 Å². The number of hydrogen-bond donors (Lipinski definition) is 0. The monoisotopic (exact) mass is 122 g/mol. The maximum atomic E-state index is 3.50. The molecule has 0 rings (SSSR count). The summed E-state index contributed by atoms with van der Waals surface area (Å²) in [7, 11) is 0. The van der Waals surface area contributed by atoms with Crippen molar-refractivity contribution >= 4 is 0 Å². The van der Waals surface area contributed by atoms with Gasteiger partial charge in [0.2, 0.25) is 0 Å². The van der Waals surface area contributed by atoms with Crippen molar-refractivity contribution in [2.24, 2.45) is 0 Å². The van der Waals surface area contributed by atoms with E-state index in [1.54, 1.807) is 6.08 Å². The minimum absolute atomic E-state index is 1.03. The van der Waals surface area contributed by atoms with Crippen LogP contribution in [0.3, 0.4) is 0 Å². The number of rotatable bonds is 3. The smallest absolute Gasteiger partial charge is 0.00922 e. The van der Waals surface area contributed by atoms with Crippen molar-refractivity contribution in [2.75, 3.05) is 0 Å². The minimum atomic E-state index is 1.03. The Balaban J connectivity index is 2.99. The zero-order valence-electron chi connectivity index (χ0n) is 6.11. The first-order chi connectivity index (χ1) is 4.41. The third-order valence-electron chi connectivity index (χ3n) is 1.11. The Hall–Kier alpha value is -0.700. The Labute approximate surface area is 58.0 Å². The van der Waals surface area contributed by atoms with Crippen LogP contribution in [-0.4, -0.2) is 0 Å². The van der Waals surface area contributed by atoms with Gasteiger partial charge >= 0.3 is 0 Å². The third-order valence-corrected chi connectivity index (χ3v) is 1.11. The largest absolute Gasteiger partial charge is 0.0985 e. The molecule has 0 unspecified atom stereocenters. The SMILES string of the molecule is C=CC#CCCCCC. The van der Waals surface area contributed by atoms with Gasteiger partial charge in [0.1, 0.15) is 0 Å². The minimum Gasteiger partial charge on any atom is -0.0985 e. The maximum absolute atomic E-state index is 3.50. The summed E-state index contributed by atoms with van der Waals surface area (Å²) >= 11 is 0. The van der Waals surface area contributed by atoms with Gasteiger partial charge in [0, 0.05) is 6.42 Å². The van der Waals surface area contributed by atoms with E-state index in [4.69, 9.17) is 0 Å². The molecule has 0 radical (unpaired) electrons. The molecule has 0 aromatic heterocycles. The fourth-order valence-electron chi connectivity index (χ4n) is 0.608. The van der Waals surface area contributed by atoms with E-state index in [1.807, 2.05) is 0 Å². The first-order valence-corrected chi connectivity index (χ1v) is 3.51. The second kappa shape index (κ2) is 7.30. The molecule has 0 bridgehead atoms. The summed E-state index contributed by atoms with van der Waals surface area (Å²) in [6, 6.07) is 0. The molecule has 0 aromatic carbocycles. The van der Waals surface area contributed by atoms with Gasteiger partial charge < -0.3 is 0 Å². The van der Waals surface area contributed by atoms with Gasteiger partial charge in [0.25, 0.3) is 0 Å². The van der Waals surface area contributed by atoms with Crippen LogP contribution in [-0.2, 0) is 0 Å². The van der Waals surface area contributed by atoms with E-state index in [-0.39, 0.29) is 0 Å². The molecule has 0 saturated heterocycles. The zero-order chi connectivity index (χ0) is 6.95. The lowest BCUT2D eigenvalue weighted by Crippen LogP contribution is -1.69. The van der Waals surface area contributed by atoms with E-state index in [0.717, 1.165) is 6.42 Å². The van der Waals surface area contributed by atoms with Crippen molar-refractivity contribution < 1.29 is 0 Å². The fourth-order valence-corrected chi connectivity index (χ4v) is 0.608. The summed E-state index contributed by atoms with van der Waals surface area (Å²) in [5, 5.41) is 0. The molecule has 0 spiro atoms. The Morgan fingerprint density at radius 1 is 1.44 bits per heavy atom. The Bertz CT molecular complexity index is 112. The second-order valence-corrected chi connectivity index (χ2v) is 1.98. The number of hydrogen-bond acceptors (Lipinski definition) is 0. The number of allylic oxidation sites excluding steroid dienone is 1. The average molecular weight is 122 g/mol. The van der Waals surface area contributed by atoms with Crippen LogP contribution in [0.25, 0.3) is 0 Å². The van der Waals surface area contributed by atoms with Crippen molar-refractivity contribution in [3.05, 3.63) is 12.7 Å². The molecule has 0 aromatic rings. The summed E-state index contributed by atoms with van der Waals surface area (Å²) < 4.78 is 0. The Morgan fingerprint density at radius 3 is 2.78 bits per heavy atom. The molecule has 0 aliphatic carbocycles. The van der Waals surface area contributed by atoms with Crippen molar-refractivity contribution in [2.45, 2.75) is 32.6 Å². The molecule has 0 aliphatic heterocycles. The van der Waals surface area contributed by atoms with E-state index < -0.39 is 0 Å². The van der Waals surface area contributed by atoms with Gasteiger partial charge in [-0.25, -0.2) is 0 Å². The molecule has 0 heteroatoms. The van der Waals surface area contributed by atoms with Crippen molar-refractivity contribution in [3.8, 4) is 11.8 Å². The highest BCUT2D eigenvalue weighted by Gasteiger charge is 1.78. The maximum Gasteiger partial charge on any atom is 0.00922 e. The average Bonchev–Trinajstić information content (AvgIpc) is 1.89. The van der Waals surface area contributed by atoms with Crippen LogP contribution in [0.15, 0.2) is 12.7 Å². The van der Waals surface area contributed by atoms with Gasteiger partial charge in [0.15, 0.2) is 0 Å². The number of unbranched alkanes of at least 4 members (excludes halogenated alkanes) is 3. The van der Waals surface area contributed by atoms with E-state index in [9.17, 15) is 0 Å². The first-order valence-electron chi connectivity index (χ1n) is 3.51. The van der Waals surface area contributed by atoms with Gasteiger partial charge in [-0.1, -0.05) is 38.2 Å². The van der Waals surface area contributed by atoms with Crippen LogP contribution in [0, 0.1) is 11.8 Å². The lowest BCUT2D eigenvalue weighted by molar-refractivity contribution is 0.737. The van der Waals surface area contributed by atoms with Gasteiger partial charge in [-0.05, 0) is 12.5 Å². The summed E-state index contributed by atoms with van der Waals surface area (Å²) in [6.45, 7) is 5.70. The Morgan fingerprint density at radius 2 is 2.22 bits per heavy atom. The summed E-state index contributed by atoms with van der Waals surface area (Å²) in [6.07, 6.45) is 6.48. The molecule has 9 heavy (non-hydrogen) atoms. The predicted molar refractivity (Wildman–Crippen MR) is 42.1 cm³/mol. The molecule has 0 saturated carbocycles. The van der Waals surface area contributed by atoms with Gasteiger partial charge in [-0.3, -0.25) is 0 Å². The lowest BCUT2D eigenvalue weighted by atomic mass is 10.2. The van der Waals surface area contributed by atoms with Crippen molar-refractivity contribution in [1.82, 2.24) is 0 Å². The van der Waals surface area contributed by atoms with Gasteiger partial charge in [-0.15, -0.1) is 0 Å². The Kier molecular flexibility index (Phi) is 6.73. The zero-order valence-corrected chi connectivity index (χ0v) is 6.11.